The summed E-state index contributed by atoms with van der Waals surface area (Å²) >= 11 is 6.65. The molecule has 0 aliphatic rings. The summed E-state index contributed by atoms with van der Waals surface area (Å²) in [5.74, 6) is 1.06. The smallest absolute Gasteiger partial charge is 0.325 e. The van der Waals surface area contributed by atoms with Crippen LogP contribution in [0.1, 0.15) is 41.5 Å². The molecule has 2 aromatic carbocycles. The molecule has 0 atom stereocenters. The van der Waals surface area contributed by atoms with Gasteiger partial charge in [-0.25, -0.2) is 14.4 Å². The Hall–Kier alpha value is -4.37. The number of primary amides is 1. The van der Waals surface area contributed by atoms with E-state index < -0.39 is 6.03 Å². The van der Waals surface area contributed by atoms with Crippen molar-refractivity contribution in [3.63, 3.8) is 0 Å². The van der Waals surface area contributed by atoms with Gasteiger partial charge >= 0.3 is 6.03 Å². The SMILES string of the molecule is CNC(=O)c1cc(Oc2ccc(N(C(N)=O)c3cc(C(C)C)nn3-c3cccc(C)c3)c(Cl)c2)ccn1. The van der Waals surface area contributed by atoms with E-state index in [2.05, 4.69) is 10.3 Å². The number of ether oxygens (including phenoxy) is 1. The van der Waals surface area contributed by atoms with Crippen molar-refractivity contribution in [1.29, 1.82) is 0 Å². The van der Waals surface area contributed by atoms with Crippen molar-refractivity contribution in [2.75, 3.05) is 11.9 Å². The lowest BCUT2D eigenvalue weighted by Crippen LogP contribution is -2.33. The van der Waals surface area contributed by atoms with Crippen molar-refractivity contribution in [3.05, 3.63) is 88.8 Å². The maximum atomic E-state index is 12.8. The second-order valence-corrected chi connectivity index (χ2v) is 9.08. The molecule has 10 heteroatoms. The number of aromatic nitrogens is 3. The van der Waals surface area contributed by atoms with Gasteiger partial charge in [-0.3, -0.25) is 9.78 Å². The summed E-state index contributed by atoms with van der Waals surface area (Å²) in [4.78, 5) is 30.0. The summed E-state index contributed by atoms with van der Waals surface area (Å²) in [6, 6.07) is 16.9. The second kappa shape index (κ2) is 10.7. The average Bonchev–Trinajstić information content (AvgIpc) is 3.30. The van der Waals surface area contributed by atoms with E-state index in [1.165, 1.54) is 24.2 Å². The highest BCUT2D eigenvalue weighted by Crippen LogP contribution is 2.37. The fourth-order valence-electron chi connectivity index (χ4n) is 3.73. The van der Waals surface area contributed by atoms with Crippen molar-refractivity contribution < 1.29 is 14.3 Å². The lowest BCUT2D eigenvalue weighted by molar-refractivity contribution is 0.0958. The molecule has 0 aliphatic carbocycles. The Morgan fingerprint density at radius 1 is 1.08 bits per heavy atom. The number of rotatable bonds is 7. The first-order valence-electron chi connectivity index (χ1n) is 11.6. The number of amides is 3. The number of nitrogens with one attached hydrogen (secondary N) is 1. The van der Waals surface area contributed by atoms with Crippen LogP contribution in [0.2, 0.25) is 5.02 Å². The van der Waals surface area contributed by atoms with E-state index in [1.54, 1.807) is 28.9 Å². The zero-order valence-electron chi connectivity index (χ0n) is 20.9. The Bertz CT molecular complexity index is 1470. The molecular formula is C27H27ClN6O3. The number of nitrogens with zero attached hydrogens (tertiary/aromatic N) is 4. The first-order valence-corrected chi connectivity index (χ1v) is 12.0. The number of hydrogen-bond donors (Lipinski definition) is 2. The summed E-state index contributed by atoms with van der Waals surface area (Å²) in [5.41, 5.74) is 9.07. The lowest BCUT2D eigenvalue weighted by Gasteiger charge is -2.23. The average molecular weight is 519 g/mol. The lowest BCUT2D eigenvalue weighted by atomic mass is 10.1. The largest absolute Gasteiger partial charge is 0.457 e. The molecule has 3 N–H and O–H groups in total. The van der Waals surface area contributed by atoms with Crippen LogP contribution in [-0.4, -0.2) is 33.8 Å². The van der Waals surface area contributed by atoms with Crippen LogP contribution in [-0.2, 0) is 0 Å². The number of benzene rings is 2. The van der Waals surface area contributed by atoms with Crippen LogP contribution in [0.4, 0.5) is 16.3 Å². The topological polar surface area (TPSA) is 115 Å². The zero-order valence-corrected chi connectivity index (χ0v) is 21.7. The molecule has 9 nitrogen and oxygen atoms in total. The highest BCUT2D eigenvalue weighted by atomic mass is 35.5. The Balaban J connectivity index is 1.73. The van der Waals surface area contributed by atoms with Crippen molar-refractivity contribution in [3.8, 4) is 17.2 Å². The number of nitrogens with two attached hydrogens (primary N) is 1. The third-order valence-corrected chi connectivity index (χ3v) is 5.89. The number of urea groups is 1. The minimum Gasteiger partial charge on any atom is -0.457 e. The molecule has 0 spiro atoms. The first kappa shape index (κ1) is 25.7. The predicted octanol–water partition coefficient (Wildman–Crippen LogP) is 5.72. The van der Waals surface area contributed by atoms with Crippen molar-refractivity contribution in [2.45, 2.75) is 26.7 Å². The number of anilines is 2. The molecule has 2 aromatic heterocycles. The number of carbonyl (C=O) groups is 2. The second-order valence-electron chi connectivity index (χ2n) is 8.68. The molecule has 0 aliphatic heterocycles. The van der Waals surface area contributed by atoms with Gasteiger partial charge in [0.05, 0.1) is 22.1 Å². The van der Waals surface area contributed by atoms with Gasteiger partial charge in [0.1, 0.15) is 23.0 Å². The normalized spacial score (nSPS) is 10.9. The van der Waals surface area contributed by atoms with E-state index >= 15 is 0 Å². The standard InChI is InChI=1S/C27H27ClN6O3/c1-16(2)22-15-25(34(32-22)18-7-5-6-17(3)12-18)33(27(29)36)24-9-8-19(13-21(24)28)37-20-10-11-31-23(14-20)26(35)30-4/h5-16H,1-4H3,(H2,29,36)(H,30,35). The Kier molecular flexibility index (Phi) is 7.45. The highest BCUT2D eigenvalue weighted by molar-refractivity contribution is 6.34. The molecule has 0 saturated carbocycles. The number of pyridine rings is 1. The van der Waals surface area contributed by atoms with Gasteiger partial charge in [-0.05, 0) is 48.7 Å². The predicted molar refractivity (Wildman–Crippen MR) is 143 cm³/mol. The van der Waals surface area contributed by atoms with E-state index in [9.17, 15) is 9.59 Å². The van der Waals surface area contributed by atoms with Crippen LogP contribution >= 0.6 is 11.6 Å². The third-order valence-electron chi connectivity index (χ3n) is 5.58. The minimum atomic E-state index is -0.718. The van der Waals surface area contributed by atoms with E-state index in [-0.39, 0.29) is 22.5 Å². The summed E-state index contributed by atoms with van der Waals surface area (Å²) in [6.07, 6.45) is 1.48. The summed E-state index contributed by atoms with van der Waals surface area (Å²) in [5, 5.41) is 7.50. The molecule has 3 amide bonds. The summed E-state index contributed by atoms with van der Waals surface area (Å²) in [7, 11) is 1.52. The molecule has 4 rings (SSSR count). The molecule has 0 saturated heterocycles. The third kappa shape index (κ3) is 5.57. The molecule has 37 heavy (non-hydrogen) atoms. The molecule has 4 aromatic rings. The van der Waals surface area contributed by atoms with Crippen LogP contribution in [0.3, 0.4) is 0 Å². The van der Waals surface area contributed by atoms with Gasteiger partial charge in [0.25, 0.3) is 5.91 Å². The first-order chi connectivity index (χ1) is 17.7. The Morgan fingerprint density at radius 3 is 2.49 bits per heavy atom. The van der Waals surface area contributed by atoms with E-state index in [4.69, 9.17) is 27.2 Å². The van der Waals surface area contributed by atoms with Crippen LogP contribution in [0.25, 0.3) is 5.69 Å². The van der Waals surface area contributed by atoms with E-state index in [1.807, 2.05) is 51.1 Å². The van der Waals surface area contributed by atoms with Gasteiger partial charge in [-0.1, -0.05) is 37.6 Å². The number of aryl methyl sites for hydroxylation is 1. The summed E-state index contributed by atoms with van der Waals surface area (Å²) in [6.45, 7) is 6.03. The van der Waals surface area contributed by atoms with Gasteiger partial charge in [-0.15, -0.1) is 0 Å². The molecule has 2 heterocycles. The molecular weight excluding hydrogens is 492 g/mol. The molecule has 190 valence electrons. The number of hydrogen-bond acceptors (Lipinski definition) is 5. The number of carbonyl (C=O) groups excluding carboxylic acids is 2. The molecule has 0 bridgehead atoms. The fraction of sp³-hybridized carbons (Fsp3) is 0.185. The van der Waals surface area contributed by atoms with Crippen LogP contribution in [0, 0.1) is 6.92 Å². The number of halogens is 1. The van der Waals surface area contributed by atoms with Crippen molar-refractivity contribution in [2.24, 2.45) is 5.73 Å². The monoisotopic (exact) mass is 518 g/mol. The molecule has 0 fully saturated rings. The van der Waals surface area contributed by atoms with Gasteiger partial charge < -0.3 is 15.8 Å². The van der Waals surface area contributed by atoms with Gasteiger partial charge in [0.2, 0.25) is 0 Å². The Labute approximate surface area is 219 Å². The van der Waals surface area contributed by atoms with Gasteiger partial charge in [-0.2, -0.15) is 5.10 Å². The highest BCUT2D eigenvalue weighted by Gasteiger charge is 2.25. The van der Waals surface area contributed by atoms with Gasteiger partial charge in [0.15, 0.2) is 0 Å². The van der Waals surface area contributed by atoms with E-state index in [0.29, 0.717) is 23.0 Å². The Morgan fingerprint density at radius 2 is 1.84 bits per heavy atom. The molecule has 0 radical (unpaired) electrons. The summed E-state index contributed by atoms with van der Waals surface area (Å²) < 4.78 is 7.57. The fourth-order valence-corrected chi connectivity index (χ4v) is 3.99. The van der Waals surface area contributed by atoms with Crippen LogP contribution in [0.15, 0.2) is 66.9 Å². The van der Waals surface area contributed by atoms with Crippen LogP contribution < -0.4 is 20.7 Å². The molecule has 0 unspecified atom stereocenters. The van der Waals surface area contributed by atoms with E-state index in [0.717, 1.165) is 16.9 Å². The quantitative estimate of drug-likeness (QED) is 0.324. The maximum Gasteiger partial charge on any atom is 0.325 e. The maximum absolute atomic E-state index is 12.8. The zero-order chi connectivity index (χ0) is 26.7. The van der Waals surface area contributed by atoms with Crippen molar-refractivity contribution in [1.82, 2.24) is 20.1 Å². The van der Waals surface area contributed by atoms with Crippen LogP contribution in [0.5, 0.6) is 11.5 Å². The van der Waals surface area contributed by atoms with Gasteiger partial charge in [0, 0.05) is 31.4 Å². The van der Waals surface area contributed by atoms with Crippen molar-refractivity contribution >= 4 is 35.0 Å². The minimum absolute atomic E-state index is 0.117.